The second kappa shape index (κ2) is 11.6. The van der Waals surface area contributed by atoms with Crippen LogP contribution in [0, 0.1) is 6.92 Å². The Morgan fingerprint density at radius 2 is 1.86 bits per heavy atom. The molecule has 1 fully saturated rings. The largest absolute Gasteiger partial charge is 0.490 e. The molecule has 0 atom stereocenters. The van der Waals surface area contributed by atoms with Gasteiger partial charge in [0, 0.05) is 10.7 Å². The zero-order valence-corrected chi connectivity index (χ0v) is 22.0. The molecule has 3 aromatic carbocycles. The molecular weight excluding hydrogens is 516 g/mol. The van der Waals surface area contributed by atoms with Gasteiger partial charge in [0.15, 0.2) is 22.4 Å². The standard InChI is InChI=1S/C27H23ClN2O4S2/c1-3-33-23-13-18(9-12-22(23)34-16-25(31)29-20-10-7-17(2)8-11-20)14-24-26(32)30(27(35)36-24)21-6-4-5-19(28)15-21/h4-15H,3,16H2,1-2H3,(H,29,31)/b24-14+. The highest BCUT2D eigenvalue weighted by Crippen LogP contribution is 2.38. The summed E-state index contributed by atoms with van der Waals surface area (Å²) in [6.07, 6.45) is 1.75. The highest BCUT2D eigenvalue weighted by atomic mass is 35.5. The molecule has 0 unspecified atom stereocenters. The van der Waals surface area contributed by atoms with Crippen molar-refractivity contribution in [2.45, 2.75) is 13.8 Å². The molecule has 4 rings (SSSR count). The number of thiocarbonyl (C=S) groups is 1. The summed E-state index contributed by atoms with van der Waals surface area (Å²) < 4.78 is 11.9. The van der Waals surface area contributed by atoms with E-state index in [1.165, 1.54) is 16.7 Å². The van der Waals surface area contributed by atoms with Crippen LogP contribution in [0.5, 0.6) is 11.5 Å². The summed E-state index contributed by atoms with van der Waals surface area (Å²) in [7, 11) is 0. The lowest BCUT2D eigenvalue weighted by molar-refractivity contribution is -0.118. The van der Waals surface area contributed by atoms with E-state index < -0.39 is 0 Å². The third-order valence-corrected chi connectivity index (χ3v) is 6.66. The number of hydrogen-bond acceptors (Lipinski definition) is 6. The Morgan fingerprint density at radius 3 is 2.58 bits per heavy atom. The Bertz CT molecular complexity index is 1340. The van der Waals surface area contributed by atoms with Crippen molar-refractivity contribution < 1.29 is 19.1 Å². The molecule has 0 bridgehead atoms. The van der Waals surface area contributed by atoms with E-state index in [1.807, 2.05) is 38.1 Å². The van der Waals surface area contributed by atoms with Gasteiger partial charge in [0.05, 0.1) is 17.2 Å². The fraction of sp³-hybridized carbons (Fsp3) is 0.148. The van der Waals surface area contributed by atoms with Gasteiger partial charge < -0.3 is 14.8 Å². The van der Waals surface area contributed by atoms with Gasteiger partial charge in [-0.2, -0.15) is 0 Å². The van der Waals surface area contributed by atoms with Crippen LogP contribution < -0.4 is 19.7 Å². The predicted octanol–water partition coefficient (Wildman–Crippen LogP) is 6.47. The van der Waals surface area contributed by atoms with E-state index in [1.54, 1.807) is 48.5 Å². The average Bonchev–Trinajstić information content (AvgIpc) is 3.12. The number of nitrogens with one attached hydrogen (secondary N) is 1. The average molecular weight is 539 g/mol. The Balaban J connectivity index is 1.47. The maximum Gasteiger partial charge on any atom is 0.270 e. The molecule has 1 N–H and O–H groups in total. The molecule has 2 amide bonds. The summed E-state index contributed by atoms with van der Waals surface area (Å²) in [5.41, 5.74) is 3.17. The molecule has 1 saturated heterocycles. The molecule has 0 saturated carbocycles. The predicted molar refractivity (Wildman–Crippen MR) is 150 cm³/mol. The second-order valence-electron chi connectivity index (χ2n) is 7.84. The lowest BCUT2D eigenvalue weighted by atomic mass is 10.1. The molecular formula is C27H23ClN2O4S2. The fourth-order valence-electron chi connectivity index (χ4n) is 3.44. The summed E-state index contributed by atoms with van der Waals surface area (Å²) in [5, 5.41) is 3.32. The van der Waals surface area contributed by atoms with Gasteiger partial charge in [0.1, 0.15) is 0 Å². The second-order valence-corrected chi connectivity index (χ2v) is 9.95. The maximum absolute atomic E-state index is 13.1. The number of nitrogens with zero attached hydrogens (tertiary/aromatic N) is 1. The lowest BCUT2D eigenvalue weighted by Crippen LogP contribution is -2.27. The number of rotatable bonds is 8. The molecule has 184 valence electrons. The van der Waals surface area contributed by atoms with Crippen LogP contribution in [-0.2, 0) is 9.59 Å². The van der Waals surface area contributed by atoms with Gasteiger partial charge in [-0.15, -0.1) is 0 Å². The van der Waals surface area contributed by atoms with Crippen LogP contribution in [0.1, 0.15) is 18.1 Å². The minimum absolute atomic E-state index is 0.175. The van der Waals surface area contributed by atoms with E-state index in [-0.39, 0.29) is 18.4 Å². The Kier molecular flexibility index (Phi) is 8.30. The van der Waals surface area contributed by atoms with Crippen LogP contribution >= 0.6 is 35.6 Å². The van der Waals surface area contributed by atoms with Gasteiger partial charge >= 0.3 is 0 Å². The van der Waals surface area contributed by atoms with Crippen LogP contribution in [-0.4, -0.2) is 29.3 Å². The molecule has 1 aliphatic heterocycles. The Hall–Kier alpha value is -3.33. The number of hydrogen-bond donors (Lipinski definition) is 1. The number of ether oxygens (including phenoxy) is 2. The van der Waals surface area contributed by atoms with Crippen LogP contribution in [0.4, 0.5) is 11.4 Å². The van der Waals surface area contributed by atoms with Crippen molar-refractivity contribution in [2.24, 2.45) is 0 Å². The molecule has 0 radical (unpaired) electrons. The summed E-state index contributed by atoms with van der Waals surface area (Å²) >= 11 is 12.7. The number of benzene rings is 3. The third kappa shape index (κ3) is 6.26. The van der Waals surface area contributed by atoms with Gasteiger partial charge in [-0.1, -0.05) is 65.4 Å². The number of anilines is 2. The summed E-state index contributed by atoms with van der Waals surface area (Å²) in [6, 6.07) is 19.8. The number of aryl methyl sites for hydroxylation is 1. The van der Waals surface area contributed by atoms with Gasteiger partial charge in [-0.3, -0.25) is 14.5 Å². The van der Waals surface area contributed by atoms with Crippen LogP contribution in [0.15, 0.2) is 71.6 Å². The Morgan fingerprint density at radius 1 is 1.08 bits per heavy atom. The van der Waals surface area contributed by atoms with Crippen molar-refractivity contribution in [1.29, 1.82) is 0 Å². The lowest BCUT2D eigenvalue weighted by Gasteiger charge is -2.14. The van der Waals surface area contributed by atoms with Crippen LogP contribution in [0.3, 0.4) is 0 Å². The van der Waals surface area contributed by atoms with Gasteiger partial charge in [0.25, 0.3) is 11.8 Å². The fourth-order valence-corrected chi connectivity index (χ4v) is 4.92. The molecule has 0 aromatic heterocycles. The van der Waals surface area contributed by atoms with Crippen LogP contribution in [0.2, 0.25) is 5.02 Å². The molecule has 1 aliphatic rings. The first-order chi connectivity index (χ1) is 17.3. The number of carbonyl (C=O) groups excluding carboxylic acids is 2. The first kappa shape index (κ1) is 25.8. The minimum atomic E-state index is -0.282. The van der Waals surface area contributed by atoms with Crippen molar-refractivity contribution in [2.75, 3.05) is 23.4 Å². The van der Waals surface area contributed by atoms with Gasteiger partial charge in [-0.25, -0.2) is 0 Å². The summed E-state index contributed by atoms with van der Waals surface area (Å²) in [4.78, 5) is 27.3. The highest BCUT2D eigenvalue weighted by molar-refractivity contribution is 8.27. The van der Waals surface area contributed by atoms with Crippen molar-refractivity contribution in [3.05, 3.63) is 87.8 Å². The highest BCUT2D eigenvalue weighted by Gasteiger charge is 2.33. The number of amides is 2. The van der Waals surface area contributed by atoms with Crippen LogP contribution in [0.25, 0.3) is 6.08 Å². The summed E-state index contributed by atoms with van der Waals surface area (Å²) in [6.45, 7) is 4.07. The molecule has 3 aromatic rings. The third-order valence-electron chi connectivity index (χ3n) is 5.12. The molecule has 36 heavy (non-hydrogen) atoms. The molecule has 0 aliphatic carbocycles. The zero-order chi connectivity index (χ0) is 25.7. The maximum atomic E-state index is 13.1. The van der Waals surface area contributed by atoms with E-state index in [9.17, 15) is 9.59 Å². The zero-order valence-electron chi connectivity index (χ0n) is 19.6. The number of carbonyl (C=O) groups is 2. The number of thioether (sulfide) groups is 1. The molecule has 9 heteroatoms. The van der Waals surface area contributed by atoms with Crippen molar-refractivity contribution in [1.82, 2.24) is 0 Å². The van der Waals surface area contributed by atoms with E-state index >= 15 is 0 Å². The molecule has 1 heterocycles. The Labute approximate surface area is 224 Å². The minimum Gasteiger partial charge on any atom is -0.490 e. The van der Waals surface area contributed by atoms with Crippen molar-refractivity contribution in [3.63, 3.8) is 0 Å². The number of halogens is 1. The van der Waals surface area contributed by atoms with Gasteiger partial charge in [-0.05, 0) is 68.0 Å². The summed E-state index contributed by atoms with van der Waals surface area (Å²) in [5.74, 6) is 0.396. The topological polar surface area (TPSA) is 67.9 Å². The van der Waals surface area contributed by atoms with Gasteiger partial charge in [0.2, 0.25) is 0 Å². The molecule has 0 spiro atoms. The van der Waals surface area contributed by atoms with E-state index in [2.05, 4.69) is 5.32 Å². The smallest absolute Gasteiger partial charge is 0.270 e. The normalized spacial score (nSPS) is 14.3. The first-order valence-electron chi connectivity index (χ1n) is 11.1. The van der Waals surface area contributed by atoms with Crippen molar-refractivity contribution >= 4 is 69.2 Å². The van der Waals surface area contributed by atoms with E-state index in [0.717, 1.165) is 11.1 Å². The molecule has 6 nitrogen and oxygen atoms in total. The van der Waals surface area contributed by atoms with E-state index in [4.69, 9.17) is 33.3 Å². The quantitative estimate of drug-likeness (QED) is 0.262. The monoisotopic (exact) mass is 538 g/mol. The first-order valence-corrected chi connectivity index (χ1v) is 12.7. The SMILES string of the molecule is CCOc1cc(/C=C2/SC(=S)N(c3cccc(Cl)c3)C2=O)ccc1OCC(=O)Nc1ccc(C)cc1. The van der Waals surface area contributed by atoms with Crippen molar-refractivity contribution in [3.8, 4) is 11.5 Å². The van der Waals surface area contributed by atoms with E-state index in [0.29, 0.717) is 43.7 Å².